The van der Waals surface area contributed by atoms with Crippen molar-refractivity contribution in [1.29, 1.82) is 0 Å². The van der Waals surface area contributed by atoms with E-state index in [2.05, 4.69) is 45.2 Å². The van der Waals surface area contributed by atoms with E-state index in [0.717, 1.165) is 68.0 Å². The van der Waals surface area contributed by atoms with Gasteiger partial charge >= 0.3 is 0 Å². The summed E-state index contributed by atoms with van der Waals surface area (Å²) >= 11 is 0. The third-order valence-corrected chi connectivity index (χ3v) is 9.98. The van der Waals surface area contributed by atoms with Gasteiger partial charge < -0.3 is 15.5 Å². The van der Waals surface area contributed by atoms with E-state index in [0.29, 0.717) is 17.4 Å². The van der Waals surface area contributed by atoms with Gasteiger partial charge in [-0.3, -0.25) is 14.2 Å². The summed E-state index contributed by atoms with van der Waals surface area (Å²) < 4.78 is 4.24. The van der Waals surface area contributed by atoms with Gasteiger partial charge in [0, 0.05) is 69.2 Å². The van der Waals surface area contributed by atoms with Crippen molar-refractivity contribution < 1.29 is 4.79 Å². The molecule has 3 unspecified atom stereocenters. The van der Waals surface area contributed by atoms with Crippen LogP contribution in [0.15, 0.2) is 12.3 Å². The van der Waals surface area contributed by atoms with Crippen LogP contribution in [0, 0.1) is 31.1 Å². The van der Waals surface area contributed by atoms with Gasteiger partial charge in [0.25, 0.3) is 0 Å². The lowest BCUT2D eigenvalue weighted by atomic mass is 9.60. The Morgan fingerprint density at radius 3 is 2.92 bits per heavy atom. The first-order chi connectivity index (χ1) is 18.4. The van der Waals surface area contributed by atoms with Crippen molar-refractivity contribution in [3.05, 3.63) is 34.9 Å². The van der Waals surface area contributed by atoms with E-state index in [-0.39, 0.29) is 11.8 Å². The van der Waals surface area contributed by atoms with Crippen LogP contribution >= 0.6 is 0 Å². The fourth-order valence-corrected chi connectivity index (χ4v) is 7.75. The summed E-state index contributed by atoms with van der Waals surface area (Å²) in [5.74, 6) is 1.05. The number of rotatable bonds is 5. The number of hydrogen-bond donors (Lipinski definition) is 2. The standard InChI is InChI=1S/C29H40N8O/c1-18-11-26(22-15-31-35(3)27(22)32-18)36-10-7-25-23(16-36)19(2)34-37(25)17-29-8-4-5-20(12-29)24(6-9-29)33-28(38)21-13-30-14-21/h11,15,20-21,24,30H,4-10,12-14,16-17H2,1-3H3,(H,33,38). The maximum absolute atomic E-state index is 12.6. The van der Waals surface area contributed by atoms with Gasteiger partial charge in [0.05, 0.1) is 28.9 Å². The Kier molecular flexibility index (Phi) is 5.76. The predicted octanol–water partition coefficient (Wildman–Crippen LogP) is 3.02. The van der Waals surface area contributed by atoms with Crippen molar-refractivity contribution in [2.24, 2.45) is 24.3 Å². The Labute approximate surface area is 224 Å². The average Bonchev–Trinajstić information content (AvgIpc) is 3.38. The first-order valence-corrected chi connectivity index (χ1v) is 14.5. The van der Waals surface area contributed by atoms with Crippen LogP contribution in [0.3, 0.4) is 0 Å². The molecule has 38 heavy (non-hydrogen) atoms. The van der Waals surface area contributed by atoms with Crippen molar-refractivity contribution >= 4 is 22.6 Å². The van der Waals surface area contributed by atoms with Crippen LogP contribution < -0.4 is 15.5 Å². The van der Waals surface area contributed by atoms with Crippen LogP contribution in [0.5, 0.6) is 0 Å². The monoisotopic (exact) mass is 516 g/mol. The maximum Gasteiger partial charge on any atom is 0.225 e. The number of carbonyl (C=O) groups is 1. The molecule has 3 fully saturated rings. The highest BCUT2D eigenvalue weighted by molar-refractivity contribution is 5.89. The lowest BCUT2D eigenvalue weighted by Gasteiger charge is -2.49. The summed E-state index contributed by atoms with van der Waals surface area (Å²) in [6.45, 7) is 8.80. The number of amides is 1. The summed E-state index contributed by atoms with van der Waals surface area (Å²) in [7, 11) is 1.96. The van der Waals surface area contributed by atoms with E-state index < -0.39 is 0 Å². The molecule has 1 amide bonds. The molecule has 2 N–H and O–H groups in total. The molecule has 4 aliphatic rings. The topological polar surface area (TPSA) is 92.9 Å². The first kappa shape index (κ1) is 24.1. The number of nitrogens with zero attached hydrogens (tertiary/aromatic N) is 6. The molecule has 3 aromatic rings. The fraction of sp³-hybridized carbons (Fsp3) is 0.655. The summed E-state index contributed by atoms with van der Waals surface area (Å²) in [5, 5.41) is 17.4. The lowest BCUT2D eigenvalue weighted by Crippen LogP contribution is -2.56. The van der Waals surface area contributed by atoms with Crippen LogP contribution in [0.4, 0.5) is 5.69 Å². The third kappa shape index (κ3) is 4.01. The Morgan fingerprint density at radius 1 is 1.24 bits per heavy atom. The zero-order chi connectivity index (χ0) is 26.0. The Morgan fingerprint density at radius 2 is 2.11 bits per heavy atom. The van der Waals surface area contributed by atoms with Crippen LogP contribution in [-0.2, 0) is 31.4 Å². The molecular weight excluding hydrogens is 476 g/mol. The summed E-state index contributed by atoms with van der Waals surface area (Å²) in [6.07, 6.45) is 10.3. The lowest BCUT2D eigenvalue weighted by molar-refractivity contribution is -0.128. The Hall–Kier alpha value is -2.94. The predicted molar refractivity (Wildman–Crippen MR) is 147 cm³/mol. The van der Waals surface area contributed by atoms with E-state index in [4.69, 9.17) is 10.1 Å². The molecule has 9 heteroatoms. The summed E-state index contributed by atoms with van der Waals surface area (Å²) in [4.78, 5) is 19.8. The smallest absolute Gasteiger partial charge is 0.225 e. The van der Waals surface area contributed by atoms with Crippen molar-refractivity contribution in [1.82, 2.24) is 35.2 Å². The van der Waals surface area contributed by atoms with Gasteiger partial charge in [-0.1, -0.05) is 6.42 Å². The van der Waals surface area contributed by atoms with Gasteiger partial charge in [0.1, 0.15) is 0 Å². The van der Waals surface area contributed by atoms with Gasteiger partial charge in [-0.2, -0.15) is 10.2 Å². The van der Waals surface area contributed by atoms with E-state index in [9.17, 15) is 4.79 Å². The number of anilines is 1. The summed E-state index contributed by atoms with van der Waals surface area (Å²) in [6, 6.07) is 2.56. The van der Waals surface area contributed by atoms with Crippen LogP contribution in [-0.4, -0.2) is 56.1 Å². The van der Waals surface area contributed by atoms with Gasteiger partial charge in [0.2, 0.25) is 5.91 Å². The molecule has 2 saturated carbocycles. The second-order valence-electron chi connectivity index (χ2n) is 12.5. The quantitative estimate of drug-likeness (QED) is 0.542. The van der Waals surface area contributed by atoms with Crippen LogP contribution in [0.2, 0.25) is 0 Å². The molecule has 2 bridgehead atoms. The second kappa shape index (κ2) is 9.07. The minimum absolute atomic E-state index is 0.175. The highest BCUT2D eigenvalue weighted by Crippen LogP contribution is 2.50. The molecule has 7 rings (SSSR count). The number of aryl methyl sites for hydroxylation is 3. The Bertz CT molecular complexity index is 1390. The molecule has 1 saturated heterocycles. The number of aromatic nitrogens is 5. The largest absolute Gasteiger partial charge is 0.366 e. The molecule has 3 atom stereocenters. The van der Waals surface area contributed by atoms with E-state index in [1.807, 2.05) is 17.9 Å². The van der Waals surface area contributed by atoms with Crippen LogP contribution in [0.25, 0.3) is 11.0 Å². The minimum Gasteiger partial charge on any atom is -0.366 e. The number of carbonyl (C=O) groups excluding carboxylic acids is 1. The first-order valence-electron chi connectivity index (χ1n) is 14.5. The van der Waals surface area contributed by atoms with Crippen LogP contribution in [0.1, 0.15) is 61.2 Å². The van der Waals surface area contributed by atoms with E-state index >= 15 is 0 Å². The molecular formula is C29H40N8O. The van der Waals surface area contributed by atoms with Gasteiger partial charge in [-0.15, -0.1) is 0 Å². The normalized spacial score (nSPS) is 27.3. The average molecular weight is 517 g/mol. The van der Waals surface area contributed by atoms with Gasteiger partial charge in [-0.25, -0.2) is 4.98 Å². The van der Waals surface area contributed by atoms with E-state index in [1.54, 1.807) is 0 Å². The van der Waals surface area contributed by atoms with E-state index in [1.165, 1.54) is 49.0 Å². The molecule has 3 aromatic heterocycles. The fourth-order valence-electron chi connectivity index (χ4n) is 7.75. The number of nitrogens with one attached hydrogen (secondary N) is 2. The zero-order valence-corrected chi connectivity index (χ0v) is 23.0. The highest BCUT2D eigenvalue weighted by Gasteiger charge is 2.45. The van der Waals surface area contributed by atoms with Crippen molar-refractivity contribution in [2.75, 3.05) is 24.5 Å². The summed E-state index contributed by atoms with van der Waals surface area (Å²) in [5.41, 5.74) is 7.49. The zero-order valence-electron chi connectivity index (χ0n) is 23.0. The SMILES string of the molecule is Cc1cc(N2CCc3c(c(C)nn3CC34CCCC(C3)C(NC(=O)C3CNC3)CC4)C2)c2cnn(C)c2n1. The van der Waals surface area contributed by atoms with Crippen molar-refractivity contribution in [3.63, 3.8) is 0 Å². The van der Waals surface area contributed by atoms with Gasteiger partial charge in [0.15, 0.2) is 5.65 Å². The van der Waals surface area contributed by atoms with Gasteiger partial charge in [-0.05, 0) is 63.4 Å². The molecule has 0 spiro atoms. The third-order valence-electron chi connectivity index (χ3n) is 9.98. The number of fused-ring (bicyclic) bond motifs is 4. The molecule has 9 nitrogen and oxygen atoms in total. The minimum atomic E-state index is 0.175. The maximum atomic E-state index is 12.6. The molecule has 2 aliphatic heterocycles. The molecule has 202 valence electrons. The molecule has 2 aliphatic carbocycles. The number of hydrogen-bond acceptors (Lipinski definition) is 6. The molecule has 0 aromatic carbocycles. The Balaban J connectivity index is 1.09. The molecule has 0 radical (unpaired) electrons. The molecule has 5 heterocycles. The van der Waals surface area contributed by atoms with Crippen molar-refractivity contribution in [3.8, 4) is 0 Å². The number of pyridine rings is 1. The second-order valence-corrected chi connectivity index (χ2v) is 12.5. The van der Waals surface area contributed by atoms with Crippen molar-refractivity contribution in [2.45, 2.75) is 77.9 Å². The highest BCUT2D eigenvalue weighted by atomic mass is 16.2.